The number of para-hydroxylation sites is 1. The van der Waals surface area contributed by atoms with Crippen LogP contribution < -0.4 is 16.2 Å². The number of ether oxygens (including phenoxy) is 1. The first-order valence-corrected chi connectivity index (χ1v) is 5.95. The highest BCUT2D eigenvalue weighted by atomic mass is 16.5. The van der Waals surface area contributed by atoms with Crippen molar-refractivity contribution in [2.24, 2.45) is 5.73 Å². The molecule has 98 valence electrons. The first-order valence-electron chi connectivity index (χ1n) is 5.95. The second-order valence-electron chi connectivity index (χ2n) is 4.28. The van der Waals surface area contributed by atoms with E-state index in [1.807, 2.05) is 25.1 Å². The molecule has 0 saturated heterocycles. The Balaban J connectivity index is 2.19. The van der Waals surface area contributed by atoms with E-state index in [2.05, 4.69) is 0 Å². The average molecular weight is 256 g/mol. The summed E-state index contributed by atoms with van der Waals surface area (Å²) in [4.78, 5) is 11.3. The lowest BCUT2D eigenvalue weighted by Crippen LogP contribution is -2.13. The minimum Gasteiger partial charge on any atom is -0.488 e. The third-order valence-electron chi connectivity index (χ3n) is 3.02. The Morgan fingerprint density at radius 1 is 1.16 bits per heavy atom. The monoisotopic (exact) mass is 256 g/mol. The van der Waals surface area contributed by atoms with Crippen LogP contribution in [0.25, 0.3) is 0 Å². The molecule has 0 saturated carbocycles. The highest BCUT2D eigenvalue weighted by molar-refractivity contribution is 5.95. The fourth-order valence-electron chi connectivity index (χ4n) is 1.81. The summed E-state index contributed by atoms with van der Waals surface area (Å²) in [6.07, 6.45) is 0. The Kier molecular flexibility index (Phi) is 3.71. The van der Waals surface area contributed by atoms with Gasteiger partial charge in [0, 0.05) is 5.69 Å². The molecule has 1 amide bonds. The number of hydrogen-bond acceptors (Lipinski definition) is 3. The molecule has 19 heavy (non-hydrogen) atoms. The molecule has 4 N–H and O–H groups in total. The summed E-state index contributed by atoms with van der Waals surface area (Å²) in [5.41, 5.74) is 14.2. The van der Waals surface area contributed by atoms with Gasteiger partial charge in [-0.05, 0) is 36.2 Å². The summed E-state index contributed by atoms with van der Waals surface area (Å²) in [6.45, 7) is 2.29. The molecule has 0 aromatic heterocycles. The summed E-state index contributed by atoms with van der Waals surface area (Å²) in [6, 6.07) is 12.6. The summed E-state index contributed by atoms with van der Waals surface area (Å²) < 4.78 is 5.66. The Bertz CT molecular complexity index is 609. The van der Waals surface area contributed by atoms with Crippen LogP contribution in [0.2, 0.25) is 0 Å². The van der Waals surface area contributed by atoms with Gasteiger partial charge in [0.05, 0.1) is 5.56 Å². The molecule has 0 aliphatic heterocycles. The summed E-state index contributed by atoms with van der Waals surface area (Å²) in [5.74, 6) is -0.0169. The largest absolute Gasteiger partial charge is 0.488 e. The number of benzene rings is 2. The molecule has 0 atom stereocenters. The maximum atomic E-state index is 11.3. The molecule has 2 aromatic carbocycles. The van der Waals surface area contributed by atoms with E-state index in [0.29, 0.717) is 17.9 Å². The third kappa shape index (κ3) is 2.85. The lowest BCUT2D eigenvalue weighted by Gasteiger charge is -2.12. The Morgan fingerprint density at radius 3 is 2.63 bits per heavy atom. The topological polar surface area (TPSA) is 78.3 Å². The maximum absolute atomic E-state index is 11.3. The quantitative estimate of drug-likeness (QED) is 0.823. The van der Waals surface area contributed by atoms with Crippen molar-refractivity contribution >= 4 is 11.6 Å². The lowest BCUT2D eigenvalue weighted by molar-refractivity contribution is 0.0996. The van der Waals surface area contributed by atoms with Gasteiger partial charge in [0.2, 0.25) is 0 Å². The van der Waals surface area contributed by atoms with Gasteiger partial charge in [0.25, 0.3) is 5.91 Å². The van der Waals surface area contributed by atoms with Crippen LogP contribution in [0.1, 0.15) is 21.5 Å². The van der Waals surface area contributed by atoms with E-state index < -0.39 is 5.91 Å². The van der Waals surface area contributed by atoms with Crippen LogP contribution in [0.3, 0.4) is 0 Å². The van der Waals surface area contributed by atoms with Crippen molar-refractivity contribution in [3.05, 3.63) is 59.2 Å². The zero-order valence-corrected chi connectivity index (χ0v) is 10.7. The number of carbonyl (C=O) groups excluding carboxylic acids is 1. The fourth-order valence-corrected chi connectivity index (χ4v) is 1.81. The molecule has 2 aromatic rings. The van der Waals surface area contributed by atoms with E-state index in [9.17, 15) is 4.79 Å². The summed E-state index contributed by atoms with van der Waals surface area (Å²) in [7, 11) is 0. The zero-order valence-electron chi connectivity index (χ0n) is 10.7. The molecule has 4 heteroatoms. The van der Waals surface area contributed by atoms with Crippen molar-refractivity contribution in [2.75, 3.05) is 5.73 Å². The van der Waals surface area contributed by atoms with E-state index in [1.54, 1.807) is 24.3 Å². The summed E-state index contributed by atoms with van der Waals surface area (Å²) in [5, 5.41) is 0. The third-order valence-corrected chi connectivity index (χ3v) is 3.02. The van der Waals surface area contributed by atoms with Gasteiger partial charge in [0.15, 0.2) is 0 Å². The smallest absolute Gasteiger partial charge is 0.252 e. The number of carbonyl (C=O) groups is 1. The number of amides is 1. The van der Waals surface area contributed by atoms with Crippen molar-refractivity contribution in [3.8, 4) is 5.75 Å². The van der Waals surface area contributed by atoms with Crippen molar-refractivity contribution in [1.29, 1.82) is 0 Å². The molecule has 2 rings (SSSR count). The number of primary amides is 1. The molecule has 0 spiro atoms. The minimum absolute atomic E-state index is 0.348. The maximum Gasteiger partial charge on any atom is 0.252 e. The predicted molar refractivity (Wildman–Crippen MR) is 74.9 cm³/mol. The number of nitrogens with two attached hydrogens (primary N) is 2. The number of rotatable bonds is 4. The van der Waals surface area contributed by atoms with Gasteiger partial charge in [-0.15, -0.1) is 0 Å². The SMILES string of the molecule is Cc1c(N)cccc1COc1ccccc1C(N)=O. The highest BCUT2D eigenvalue weighted by Gasteiger charge is 2.09. The molecule has 0 aliphatic rings. The van der Waals surface area contributed by atoms with Gasteiger partial charge < -0.3 is 16.2 Å². The lowest BCUT2D eigenvalue weighted by atomic mass is 10.1. The van der Waals surface area contributed by atoms with E-state index in [-0.39, 0.29) is 0 Å². The van der Waals surface area contributed by atoms with Gasteiger partial charge in [0.1, 0.15) is 12.4 Å². The number of anilines is 1. The number of nitrogen functional groups attached to an aromatic ring is 1. The molecular formula is C15H16N2O2. The Morgan fingerprint density at radius 2 is 1.89 bits per heavy atom. The molecule has 0 bridgehead atoms. The predicted octanol–water partition coefficient (Wildman–Crippen LogP) is 2.26. The van der Waals surface area contributed by atoms with E-state index >= 15 is 0 Å². The van der Waals surface area contributed by atoms with E-state index in [4.69, 9.17) is 16.2 Å². The van der Waals surface area contributed by atoms with E-state index in [0.717, 1.165) is 16.8 Å². The second kappa shape index (κ2) is 5.44. The van der Waals surface area contributed by atoms with Gasteiger partial charge in [-0.1, -0.05) is 24.3 Å². The minimum atomic E-state index is -0.500. The Labute approximate surface area is 112 Å². The van der Waals surface area contributed by atoms with E-state index in [1.165, 1.54) is 0 Å². The fraction of sp³-hybridized carbons (Fsp3) is 0.133. The first-order chi connectivity index (χ1) is 9.09. The second-order valence-corrected chi connectivity index (χ2v) is 4.28. The van der Waals surface area contributed by atoms with Crippen molar-refractivity contribution in [3.63, 3.8) is 0 Å². The first kappa shape index (κ1) is 13.0. The molecule has 0 unspecified atom stereocenters. The van der Waals surface area contributed by atoms with Gasteiger partial charge in [-0.2, -0.15) is 0 Å². The van der Waals surface area contributed by atoms with Crippen molar-refractivity contribution in [1.82, 2.24) is 0 Å². The van der Waals surface area contributed by atoms with Crippen LogP contribution in [0.5, 0.6) is 5.75 Å². The van der Waals surface area contributed by atoms with Crippen LogP contribution >= 0.6 is 0 Å². The van der Waals surface area contributed by atoms with Crippen LogP contribution in [0, 0.1) is 6.92 Å². The molecule has 4 nitrogen and oxygen atoms in total. The van der Waals surface area contributed by atoms with Crippen LogP contribution in [0.15, 0.2) is 42.5 Å². The molecule has 0 fully saturated rings. The van der Waals surface area contributed by atoms with Crippen molar-refractivity contribution < 1.29 is 9.53 Å². The molecule has 0 radical (unpaired) electrons. The molecule has 0 aliphatic carbocycles. The molecular weight excluding hydrogens is 240 g/mol. The van der Waals surface area contributed by atoms with Crippen LogP contribution in [0.4, 0.5) is 5.69 Å². The highest BCUT2D eigenvalue weighted by Crippen LogP contribution is 2.21. The zero-order chi connectivity index (χ0) is 13.8. The molecule has 0 heterocycles. The summed E-state index contributed by atoms with van der Waals surface area (Å²) >= 11 is 0. The van der Waals surface area contributed by atoms with Crippen LogP contribution in [-0.2, 0) is 6.61 Å². The standard InChI is InChI=1S/C15H16N2O2/c1-10-11(5-4-7-13(10)16)9-19-14-8-3-2-6-12(14)15(17)18/h2-8H,9,16H2,1H3,(H2,17,18). The Hall–Kier alpha value is -2.49. The normalized spacial score (nSPS) is 10.2. The van der Waals surface area contributed by atoms with Gasteiger partial charge >= 0.3 is 0 Å². The van der Waals surface area contributed by atoms with Gasteiger partial charge in [-0.3, -0.25) is 4.79 Å². The van der Waals surface area contributed by atoms with Crippen molar-refractivity contribution in [2.45, 2.75) is 13.5 Å². The van der Waals surface area contributed by atoms with Crippen LogP contribution in [-0.4, -0.2) is 5.91 Å². The number of hydrogen-bond donors (Lipinski definition) is 2. The average Bonchev–Trinajstić information content (AvgIpc) is 2.40. The van der Waals surface area contributed by atoms with Gasteiger partial charge in [-0.25, -0.2) is 0 Å².